The lowest BCUT2D eigenvalue weighted by Crippen LogP contribution is -2.08. The fourth-order valence-corrected chi connectivity index (χ4v) is 2.38. The molecule has 0 spiro atoms. The number of rotatable bonds is 9. The second-order valence-corrected chi connectivity index (χ2v) is 5.86. The predicted octanol–water partition coefficient (Wildman–Crippen LogP) is 5.43. The van der Waals surface area contributed by atoms with E-state index in [2.05, 4.69) is 13.8 Å². The van der Waals surface area contributed by atoms with Crippen molar-refractivity contribution in [2.75, 3.05) is 6.61 Å². The predicted molar refractivity (Wildman–Crippen MR) is 96.9 cm³/mol. The van der Waals surface area contributed by atoms with E-state index in [0.717, 1.165) is 18.6 Å². The van der Waals surface area contributed by atoms with Gasteiger partial charge < -0.3 is 9.47 Å². The van der Waals surface area contributed by atoms with Gasteiger partial charge >= 0.3 is 5.97 Å². The maximum Gasteiger partial charge on any atom is 0.343 e. The van der Waals surface area contributed by atoms with Crippen LogP contribution in [0.1, 0.15) is 55.5 Å². The summed E-state index contributed by atoms with van der Waals surface area (Å²) >= 11 is 0. The van der Waals surface area contributed by atoms with Gasteiger partial charge in [-0.1, -0.05) is 38.8 Å². The minimum absolute atomic E-state index is 0.336. The average Bonchev–Trinajstić information content (AvgIpc) is 2.62. The molecule has 0 fully saturated rings. The fourth-order valence-electron chi connectivity index (χ4n) is 2.38. The van der Waals surface area contributed by atoms with Crippen LogP contribution >= 0.6 is 0 Å². The Morgan fingerprint density at radius 2 is 1.50 bits per heavy atom. The Bertz CT molecular complexity index is 615. The number of carbonyl (C=O) groups excluding carboxylic acids is 1. The molecule has 0 bridgehead atoms. The number of aryl methyl sites for hydroxylation is 1. The van der Waals surface area contributed by atoms with Crippen LogP contribution in [0, 0.1) is 0 Å². The third-order valence-corrected chi connectivity index (χ3v) is 3.77. The Labute approximate surface area is 144 Å². The zero-order chi connectivity index (χ0) is 17.2. The number of hydrogen-bond donors (Lipinski definition) is 0. The first kappa shape index (κ1) is 18.1. The molecule has 2 rings (SSSR count). The molecule has 0 radical (unpaired) electrons. The van der Waals surface area contributed by atoms with Crippen LogP contribution in [-0.2, 0) is 6.42 Å². The molecule has 0 aliphatic rings. The summed E-state index contributed by atoms with van der Waals surface area (Å²) in [7, 11) is 0. The topological polar surface area (TPSA) is 35.5 Å². The number of hydrogen-bond acceptors (Lipinski definition) is 3. The number of benzene rings is 2. The van der Waals surface area contributed by atoms with Crippen molar-refractivity contribution in [3.63, 3.8) is 0 Å². The van der Waals surface area contributed by atoms with Crippen LogP contribution in [0.3, 0.4) is 0 Å². The molecule has 0 saturated heterocycles. The van der Waals surface area contributed by atoms with Gasteiger partial charge in [-0.2, -0.15) is 0 Å². The van der Waals surface area contributed by atoms with Crippen molar-refractivity contribution in [3.05, 3.63) is 59.7 Å². The van der Waals surface area contributed by atoms with Gasteiger partial charge in [-0.25, -0.2) is 4.79 Å². The molecular weight excluding hydrogens is 300 g/mol. The van der Waals surface area contributed by atoms with Gasteiger partial charge in [0.1, 0.15) is 11.5 Å². The van der Waals surface area contributed by atoms with E-state index in [9.17, 15) is 4.79 Å². The molecular formula is C21H26O3. The minimum atomic E-state index is -0.336. The maximum atomic E-state index is 12.2. The molecule has 0 aliphatic carbocycles. The molecule has 0 aromatic heterocycles. The van der Waals surface area contributed by atoms with Crippen LogP contribution in [0.25, 0.3) is 0 Å². The van der Waals surface area contributed by atoms with Gasteiger partial charge in [0.25, 0.3) is 0 Å². The summed E-state index contributed by atoms with van der Waals surface area (Å²) in [4.78, 5) is 12.2. The average molecular weight is 326 g/mol. The van der Waals surface area contributed by atoms with E-state index in [1.54, 1.807) is 12.1 Å². The van der Waals surface area contributed by atoms with Gasteiger partial charge in [-0.3, -0.25) is 0 Å². The summed E-state index contributed by atoms with van der Waals surface area (Å²) in [5.41, 5.74) is 1.83. The highest BCUT2D eigenvalue weighted by molar-refractivity contribution is 5.91. The molecule has 0 saturated carbocycles. The molecule has 0 amide bonds. The third kappa shape index (κ3) is 5.73. The molecule has 24 heavy (non-hydrogen) atoms. The molecule has 3 nitrogen and oxygen atoms in total. The standard InChI is InChI=1S/C21H26O3/c1-3-5-6-7-17-8-10-18(11-9-17)21(22)24-20-14-12-19(13-15-20)23-16-4-2/h8-15H,3-7,16H2,1-2H3. The number of esters is 1. The smallest absolute Gasteiger partial charge is 0.343 e. The molecule has 0 aliphatic heterocycles. The molecule has 0 atom stereocenters. The summed E-state index contributed by atoms with van der Waals surface area (Å²) in [6, 6.07) is 14.8. The van der Waals surface area contributed by atoms with Crippen LogP contribution in [0.4, 0.5) is 0 Å². The second-order valence-electron chi connectivity index (χ2n) is 5.86. The van der Waals surface area contributed by atoms with Crippen LogP contribution in [-0.4, -0.2) is 12.6 Å². The summed E-state index contributed by atoms with van der Waals surface area (Å²) in [5, 5.41) is 0. The Kier molecular flexibility index (Phi) is 7.34. The number of carbonyl (C=O) groups is 1. The lowest BCUT2D eigenvalue weighted by molar-refractivity contribution is 0.0734. The highest BCUT2D eigenvalue weighted by atomic mass is 16.5. The first-order valence-corrected chi connectivity index (χ1v) is 8.77. The van der Waals surface area contributed by atoms with Crippen molar-refractivity contribution >= 4 is 5.97 Å². The van der Waals surface area contributed by atoms with E-state index < -0.39 is 0 Å². The zero-order valence-electron chi connectivity index (χ0n) is 14.6. The van der Waals surface area contributed by atoms with Crippen molar-refractivity contribution in [1.82, 2.24) is 0 Å². The van der Waals surface area contributed by atoms with E-state index in [4.69, 9.17) is 9.47 Å². The zero-order valence-corrected chi connectivity index (χ0v) is 14.6. The van der Waals surface area contributed by atoms with Crippen molar-refractivity contribution in [2.24, 2.45) is 0 Å². The minimum Gasteiger partial charge on any atom is -0.494 e. The van der Waals surface area contributed by atoms with Gasteiger partial charge in [0.05, 0.1) is 12.2 Å². The Balaban J connectivity index is 1.89. The largest absolute Gasteiger partial charge is 0.494 e. The van der Waals surface area contributed by atoms with Crippen LogP contribution in [0.2, 0.25) is 0 Å². The van der Waals surface area contributed by atoms with E-state index >= 15 is 0 Å². The van der Waals surface area contributed by atoms with Crippen LogP contribution in [0.15, 0.2) is 48.5 Å². The summed E-state index contributed by atoms with van der Waals surface area (Å²) in [6.45, 7) is 4.94. The van der Waals surface area contributed by atoms with E-state index in [1.807, 2.05) is 36.4 Å². The molecule has 0 unspecified atom stereocenters. The summed E-state index contributed by atoms with van der Waals surface area (Å²) in [6.07, 6.45) is 5.66. The van der Waals surface area contributed by atoms with Crippen molar-refractivity contribution < 1.29 is 14.3 Å². The number of ether oxygens (including phenoxy) is 2. The van der Waals surface area contributed by atoms with Crippen molar-refractivity contribution in [3.8, 4) is 11.5 Å². The molecule has 128 valence electrons. The molecule has 3 heteroatoms. The molecule has 2 aromatic carbocycles. The van der Waals surface area contributed by atoms with Crippen LogP contribution < -0.4 is 9.47 Å². The number of unbranched alkanes of at least 4 members (excludes halogenated alkanes) is 2. The van der Waals surface area contributed by atoms with E-state index in [1.165, 1.54) is 24.8 Å². The van der Waals surface area contributed by atoms with E-state index in [0.29, 0.717) is 17.9 Å². The maximum absolute atomic E-state index is 12.2. The first-order valence-electron chi connectivity index (χ1n) is 8.77. The monoisotopic (exact) mass is 326 g/mol. The van der Waals surface area contributed by atoms with Crippen molar-refractivity contribution in [1.29, 1.82) is 0 Å². The molecule has 0 N–H and O–H groups in total. The van der Waals surface area contributed by atoms with Gasteiger partial charge in [0.15, 0.2) is 0 Å². The third-order valence-electron chi connectivity index (χ3n) is 3.77. The Morgan fingerprint density at radius 1 is 0.833 bits per heavy atom. The summed E-state index contributed by atoms with van der Waals surface area (Å²) in [5.74, 6) is 0.973. The lowest BCUT2D eigenvalue weighted by atomic mass is 10.1. The second kappa shape index (κ2) is 9.76. The van der Waals surface area contributed by atoms with Gasteiger partial charge in [-0.05, 0) is 61.2 Å². The lowest BCUT2D eigenvalue weighted by Gasteiger charge is -2.07. The fraction of sp³-hybridized carbons (Fsp3) is 0.381. The van der Waals surface area contributed by atoms with Crippen LogP contribution in [0.5, 0.6) is 11.5 Å². The quantitative estimate of drug-likeness (QED) is 0.350. The van der Waals surface area contributed by atoms with Crippen molar-refractivity contribution in [2.45, 2.75) is 46.0 Å². The van der Waals surface area contributed by atoms with E-state index in [-0.39, 0.29) is 5.97 Å². The Morgan fingerprint density at radius 3 is 2.12 bits per heavy atom. The highest BCUT2D eigenvalue weighted by Crippen LogP contribution is 2.19. The highest BCUT2D eigenvalue weighted by Gasteiger charge is 2.08. The Hall–Kier alpha value is -2.29. The first-order chi connectivity index (χ1) is 11.7. The molecule has 0 heterocycles. The van der Waals surface area contributed by atoms with Gasteiger partial charge in [0, 0.05) is 0 Å². The SMILES string of the molecule is CCCCCc1ccc(C(=O)Oc2ccc(OCCC)cc2)cc1. The molecule has 2 aromatic rings. The van der Waals surface area contributed by atoms with Gasteiger partial charge in [0.2, 0.25) is 0 Å². The summed E-state index contributed by atoms with van der Waals surface area (Å²) < 4.78 is 10.9. The normalized spacial score (nSPS) is 10.4. The van der Waals surface area contributed by atoms with Gasteiger partial charge in [-0.15, -0.1) is 0 Å².